The molecule has 0 amide bonds. The summed E-state index contributed by atoms with van der Waals surface area (Å²) in [7, 11) is 11.8. The molecule has 1 aromatic carbocycles. The fourth-order valence-electron chi connectivity index (χ4n) is 0.771. The molecule has 0 radical (unpaired) electrons. The normalized spacial score (nSPS) is 7.00. The number of rotatable bonds is 1. The molecular formula is C10H16Cl2NbO4. The minimum atomic E-state index is -0.706. The average Bonchev–Trinajstić information content (AvgIpc) is 2.35. The number of phenolic OH excluding ortho intramolecular Hbond substituents is 1. The standard InChI is InChI=1S/C8H8O2.2CH4O.2ClH.Nb/c1-6(9)7-4-2-3-5-8(7)10;2*1-2;;;/h2-5,10H,1H3;2*2H,1H3;2*1H;/q;;;;;+2/p-2. The van der Waals surface area contributed by atoms with Gasteiger partial charge in [-0.3, -0.25) is 4.79 Å². The van der Waals surface area contributed by atoms with Crippen LogP contribution in [0.25, 0.3) is 0 Å². The van der Waals surface area contributed by atoms with Crippen molar-refractivity contribution in [2.75, 3.05) is 14.2 Å². The zero-order valence-electron chi connectivity index (χ0n) is 9.76. The third-order valence-electron chi connectivity index (χ3n) is 1.28. The molecule has 0 aromatic heterocycles. The monoisotopic (exact) mass is 363 g/mol. The second kappa shape index (κ2) is 18.3. The van der Waals surface area contributed by atoms with Crippen LogP contribution in [0.2, 0.25) is 0 Å². The topological polar surface area (TPSA) is 77.8 Å². The predicted octanol–water partition coefficient (Wildman–Crippen LogP) is 2.19. The van der Waals surface area contributed by atoms with Gasteiger partial charge in [0.1, 0.15) is 5.75 Å². The van der Waals surface area contributed by atoms with Crippen molar-refractivity contribution in [2.45, 2.75) is 6.92 Å². The van der Waals surface area contributed by atoms with Crippen molar-refractivity contribution in [1.29, 1.82) is 0 Å². The van der Waals surface area contributed by atoms with E-state index in [-0.39, 0.29) is 11.5 Å². The molecule has 0 aliphatic heterocycles. The third-order valence-corrected chi connectivity index (χ3v) is 1.28. The molecule has 0 saturated carbocycles. The van der Waals surface area contributed by atoms with Gasteiger partial charge in [0, 0.05) is 14.2 Å². The number of carbonyl (C=O) groups excluding carboxylic acids is 1. The second-order valence-corrected chi connectivity index (χ2v) is 5.48. The summed E-state index contributed by atoms with van der Waals surface area (Å²) < 4.78 is 0. The number of aliphatic hydroxyl groups is 2. The molecule has 1 rings (SSSR count). The van der Waals surface area contributed by atoms with Crippen LogP contribution in [0.3, 0.4) is 0 Å². The number of hydrogen-bond donors (Lipinski definition) is 3. The number of para-hydroxylation sites is 1. The van der Waals surface area contributed by atoms with E-state index in [0.717, 1.165) is 14.2 Å². The van der Waals surface area contributed by atoms with Crippen LogP contribution in [0.15, 0.2) is 24.3 Å². The zero-order chi connectivity index (χ0) is 14.3. The molecule has 1 aromatic rings. The van der Waals surface area contributed by atoms with Crippen LogP contribution in [-0.4, -0.2) is 35.3 Å². The van der Waals surface area contributed by atoms with Crippen LogP contribution in [-0.2, 0) is 17.6 Å². The first kappa shape index (κ1) is 22.1. The van der Waals surface area contributed by atoms with Gasteiger partial charge in [-0.2, -0.15) is 0 Å². The minimum absolute atomic E-state index is 0.0509. The van der Waals surface area contributed by atoms with Gasteiger partial charge in [-0.25, -0.2) is 0 Å². The summed E-state index contributed by atoms with van der Waals surface area (Å²) in [6.45, 7) is 1.43. The van der Waals surface area contributed by atoms with Crippen LogP contribution in [0.1, 0.15) is 17.3 Å². The Bertz CT molecular complexity index is 285. The number of hydrogen-bond acceptors (Lipinski definition) is 4. The van der Waals surface area contributed by atoms with Crippen molar-refractivity contribution in [2.24, 2.45) is 0 Å². The number of aromatic hydroxyl groups is 1. The van der Waals surface area contributed by atoms with Crippen molar-refractivity contribution in [3.63, 3.8) is 0 Å². The van der Waals surface area contributed by atoms with Crippen molar-refractivity contribution in [1.82, 2.24) is 0 Å². The van der Waals surface area contributed by atoms with Crippen LogP contribution in [0.5, 0.6) is 5.75 Å². The Kier molecular flexibility index (Phi) is 23.8. The van der Waals surface area contributed by atoms with Crippen LogP contribution >= 0.6 is 18.4 Å². The fraction of sp³-hybridized carbons (Fsp3) is 0.300. The van der Waals surface area contributed by atoms with E-state index in [1.165, 1.54) is 13.0 Å². The molecule has 0 heterocycles. The summed E-state index contributed by atoms with van der Waals surface area (Å²) in [4.78, 5) is 10.7. The summed E-state index contributed by atoms with van der Waals surface area (Å²) >= 11 is -0.706. The van der Waals surface area contributed by atoms with Crippen molar-refractivity contribution >= 4 is 24.2 Å². The first-order valence-electron chi connectivity index (χ1n) is 4.24. The third kappa shape index (κ3) is 13.9. The van der Waals surface area contributed by atoms with Gasteiger partial charge in [-0.1, -0.05) is 12.1 Å². The Morgan fingerprint density at radius 2 is 1.47 bits per heavy atom. The summed E-state index contributed by atoms with van der Waals surface area (Å²) in [5.74, 6) is -0.0619. The molecule has 4 nitrogen and oxygen atoms in total. The maximum absolute atomic E-state index is 10.7. The maximum atomic E-state index is 10.7. The molecule has 0 aliphatic carbocycles. The van der Waals surface area contributed by atoms with E-state index in [1.807, 2.05) is 0 Å². The summed E-state index contributed by atoms with van der Waals surface area (Å²) in [5, 5.41) is 23.1. The number of carbonyl (C=O) groups is 1. The molecular weight excluding hydrogens is 348 g/mol. The average molecular weight is 364 g/mol. The molecule has 0 spiro atoms. The van der Waals surface area contributed by atoms with Gasteiger partial charge >= 0.3 is 36.0 Å². The van der Waals surface area contributed by atoms with E-state index < -0.39 is 17.6 Å². The van der Waals surface area contributed by atoms with Crippen LogP contribution < -0.4 is 0 Å². The van der Waals surface area contributed by atoms with E-state index in [2.05, 4.69) is 0 Å². The fourth-order valence-corrected chi connectivity index (χ4v) is 0.771. The quantitative estimate of drug-likeness (QED) is 0.528. The molecule has 3 N–H and O–H groups in total. The van der Waals surface area contributed by atoms with Crippen molar-refractivity contribution < 1.29 is 37.7 Å². The molecule has 17 heavy (non-hydrogen) atoms. The van der Waals surface area contributed by atoms with E-state index in [1.54, 1.807) is 18.2 Å². The Hall–Kier alpha value is -0.0697. The van der Waals surface area contributed by atoms with E-state index >= 15 is 0 Å². The molecule has 0 bridgehead atoms. The van der Waals surface area contributed by atoms with Gasteiger partial charge in [0.2, 0.25) is 0 Å². The molecule has 0 aliphatic rings. The number of ketones is 1. The van der Waals surface area contributed by atoms with E-state index in [0.29, 0.717) is 5.56 Å². The van der Waals surface area contributed by atoms with Crippen LogP contribution in [0.4, 0.5) is 0 Å². The van der Waals surface area contributed by atoms with Gasteiger partial charge in [0.25, 0.3) is 0 Å². The van der Waals surface area contributed by atoms with Crippen molar-refractivity contribution in [3.8, 4) is 5.75 Å². The number of phenols is 1. The molecule has 99 valence electrons. The van der Waals surface area contributed by atoms with Crippen LogP contribution in [0, 0.1) is 0 Å². The first-order chi connectivity index (χ1) is 8.13. The number of halogens is 2. The zero-order valence-corrected chi connectivity index (χ0v) is 13.5. The summed E-state index contributed by atoms with van der Waals surface area (Å²) in [6, 6.07) is 6.49. The van der Waals surface area contributed by atoms with Gasteiger partial charge < -0.3 is 15.3 Å². The number of Topliss-reactive ketones (excluding diaryl/α,β-unsaturated/α-hetero) is 1. The van der Waals surface area contributed by atoms with Gasteiger partial charge in [-0.05, 0) is 19.1 Å². The van der Waals surface area contributed by atoms with Gasteiger partial charge in [0.15, 0.2) is 5.78 Å². The molecule has 0 saturated heterocycles. The molecule has 0 fully saturated rings. The first-order valence-corrected chi connectivity index (χ1v) is 9.90. The predicted molar refractivity (Wildman–Crippen MR) is 66.1 cm³/mol. The Balaban J connectivity index is -0.000000239. The Labute approximate surface area is 118 Å². The number of aliphatic hydroxyl groups excluding tert-OH is 2. The molecule has 0 unspecified atom stereocenters. The van der Waals surface area contributed by atoms with Gasteiger partial charge in [0.05, 0.1) is 5.56 Å². The number of benzene rings is 1. The van der Waals surface area contributed by atoms with E-state index in [4.69, 9.17) is 33.7 Å². The molecule has 0 atom stereocenters. The van der Waals surface area contributed by atoms with Gasteiger partial charge in [-0.15, -0.1) is 0 Å². The second-order valence-electron chi connectivity index (χ2n) is 2.14. The van der Waals surface area contributed by atoms with E-state index in [9.17, 15) is 4.79 Å². The SMILES string of the molecule is CC(=O)c1ccccc1O.CO.CO.[Cl][Nb][Cl]. The Morgan fingerprint density at radius 1 is 1.12 bits per heavy atom. The summed E-state index contributed by atoms with van der Waals surface area (Å²) in [5.41, 5.74) is 0.377. The summed E-state index contributed by atoms with van der Waals surface area (Å²) in [6.07, 6.45) is 0. The Morgan fingerprint density at radius 3 is 1.71 bits per heavy atom. The van der Waals surface area contributed by atoms with Crippen molar-refractivity contribution in [3.05, 3.63) is 29.8 Å². The molecule has 7 heteroatoms.